The van der Waals surface area contributed by atoms with E-state index in [-0.39, 0.29) is 11.9 Å². The highest BCUT2D eigenvalue weighted by atomic mass is 16.2. The summed E-state index contributed by atoms with van der Waals surface area (Å²) in [5.74, 6) is 0.562. The van der Waals surface area contributed by atoms with Crippen LogP contribution < -0.4 is 16.6 Å². The highest BCUT2D eigenvalue weighted by molar-refractivity contribution is 5.79. The highest BCUT2D eigenvalue weighted by Crippen LogP contribution is 2.18. The average molecular weight is 277 g/mol. The number of hydrogen-bond acceptors (Lipinski definition) is 5. The van der Waals surface area contributed by atoms with Crippen LogP contribution in [-0.2, 0) is 4.79 Å². The molecule has 1 aromatic rings. The summed E-state index contributed by atoms with van der Waals surface area (Å²) in [4.78, 5) is 18.2. The largest absolute Gasteiger partial charge is 0.327 e. The summed E-state index contributed by atoms with van der Waals surface area (Å²) in [6, 6.07) is 5.87. The van der Waals surface area contributed by atoms with E-state index in [9.17, 15) is 4.79 Å². The predicted molar refractivity (Wildman–Crippen MR) is 78.9 cm³/mol. The summed E-state index contributed by atoms with van der Waals surface area (Å²) in [6.07, 6.45) is 5.06. The van der Waals surface area contributed by atoms with Crippen LogP contribution in [0.3, 0.4) is 0 Å². The fourth-order valence-electron chi connectivity index (χ4n) is 2.60. The monoisotopic (exact) mass is 277 g/mol. The zero-order chi connectivity index (χ0) is 14.4. The van der Waals surface area contributed by atoms with Crippen LogP contribution in [-0.4, -0.2) is 41.0 Å². The third-order valence-corrected chi connectivity index (χ3v) is 3.61. The quantitative estimate of drug-likeness (QED) is 0.691. The van der Waals surface area contributed by atoms with E-state index in [2.05, 4.69) is 20.7 Å². The molecule has 20 heavy (non-hydrogen) atoms. The summed E-state index contributed by atoms with van der Waals surface area (Å²) in [5, 5.41) is 0. The van der Waals surface area contributed by atoms with Crippen molar-refractivity contribution in [3.05, 3.63) is 24.4 Å². The number of pyridine rings is 1. The summed E-state index contributed by atoms with van der Waals surface area (Å²) >= 11 is 0. The zero-order valence-electron chi connectivity index (χ0n) is 11.9. The Morgan fingerprint density at radius 2 is 2.40 bits per heavy atom. The van der Waals surface area contributed by atoms with E-state index in [1.165, 1.54) is 6.42 Å². The van der Waals surface area contributed by atoms with Crippen LogP contribution in [0.25, 0.3) is 0 Å². The molecule has 1 aromatic heterocycles. The Morgan fingerprint density at radius 3 is 3.10 bits per heavy atom. The molecular formula is C14H23N5O. The van der Waals surface area contributed by atoms with Gasteiger partial charge in [0.2, 0.25) is 0 Å². The summed E-state index contributed by atoms with van der Waals surface area (Å²) in [6.45, 7) is 3.31. The van der Waals surface area contributed by atoms with Gasteiger partial charge in [0, 0.05) is 18.3 Å². The lowest BCUT2D eigenvalue weighted by Crippen LogP contribution is -2.52. The maximum absolute atomic E-state index is 12.0. The molecular weight excluding hydrogens is 254 g/mol. The van der Waals surface area contributed by atoms with Gasteiger partial charge in [0.15, 0.2) is 0 Å². The van der Waals surface area contributed by atoms with E-state index >= 15 is 0 Å². The van der Waals surface area contributed by atoms with Gasteiger partial charge in [-0.2, -0.15) is 0 Å². The molecule has 2 heterocycles. The zero-order valence-corrected chi connectivity index (χ0v) is 11.9. The number of carbonyl (C=O) groups excluding carboxylic acids is 1. The molecule has 0 bridgehead atoms. The van der Waals surface area contributed by atoms with Crippen LogP contribution in [0.5, 0.6) is 0 Å². The fourth-order valence-corrected chi connectivity index (χ4v) is 2.60. The van der Waals surface area contributed by atoms with Gasteiger partial charge in [0.05, 0.1) is 6.54 Å². The number of piperidine rings is 1. The lowest BCUT2D eigenvalue weighted by atomic mass is 9.97. The Balaban J connectivity index is 1.81. The van der Waals surface area contributed by atoms with Crippen molar-refractivity contribution in [2.75, 3.05) is 18.5 Å². The van der Waals surface area contributed by atoms with Crippen molar-refractivity contribution in [3.63, 3.8) is 0 Å². The Labute approximate surface area is 119 Å². The average Bonchev–Trinajstić information content (AvgIpc) is 2.46. The third-order valence-electron chi connectivity index (χ3n) is 3.61. The van der Waals surface area contributed by atoms with Gasteiger partial charge in [-0.1, -0.05) is 12.5 Å². The molecule has 0 saturated carbocycles. The van der Waals surface area contributed by atoms with Gasteiger partial charge in [-0.3, -0.25) is 20.5 Å². The topological polar surface area (TPSA) is 83.3 Å². The van der Waals surface area contributed by atoms with Crippen molar-refractivity contribution in [1.82, 2.24) is 15.3 Å². The Bertz CT molecular complexity index is 423. The summed E-state index contributed by atoms with van der Waals surface area (Å²) in [7, 11) is 0. The lowest BCUT2D eigenvalue weighted by molar-refractivity contribution is -0.122. The van der Waals surface area contributed by atoms with Crippen molar-refractivity contribution in [3.8, 4) is 0 Å². The van der Waals surface area contributed by atoms with E-state index in [1.54, 1.807) is 12.3 Å². The third kappa shape index (κ3) is 4.18. The van der Waals surface area contributed by atoms with Gasteiger partial charge in [0.1, 0.15) is 5.82 Å². The first-order valence-corrected chi connectivity index (χ1v) is 7.12. The number of carbonyl (C=O) groups is 1. The van der Waals surface area contributed by atoms with E-state index in [0.717, 1.165) is 19.4 Å². The molecule has 6 heteroatoms. The van der Waals surface area contributed by atoms with Crippen LogP contribution in [0.4, 0.5) is 5.82 Å². The Kier molecular flexibility index (Phi) is 5.31. The minimum absolute atomic E-state index is 0.0665. The van der Waals surface area contributed by atoms with Crippen molar-refractivity contribution >= 4 is 11.7 Å². The van der Waals surface area contributed by atoms with Crippen molar-refractivity contribution in [2.45, 2.75) is 38.3 Å². The first-order chi connectivity index (χ1) is 9.66. The van der Waals surface area contributed by atoms with E-state index in [1.807, 2.05) is 19.1 Å². The predicted octanol–water partition coefficient (Wildman–Crippen LogP) is 0.726. The second-order valence-electron chi connectivity index (χ2n) is 5.28. The number of nitrogens with zero attached hydrogens (tertiary/aromatic N) is 2. The van der Waals surface area contributed by atoms with Gasteiger partial charge < -0.3 is 5.73 Å². The number of hydrazine groups is 1. The van der Waals surface area contributed by atoms with Crippen molar-refractivity contribution < 1.29 is 4.79 Å². The van der Waals surface area contributed by atoms with Crippen LogP contribution in [0.2, 0.25) is 0 Å². The molecule has 0 aliphatic carbocycles. The molecule has 2 unspecified atom stereocenters. The van der Waals surface area contributed by atoms with Gasteiger partial charge in [-0.15, -0.1) is 0 Å². The fraction of sp³-hybridized carbons (Fsp3) is 0.571. The number of nitrogens with one attached hydrogen (secondary N) is 2. The van der Waals surface area contributed by atoms with Crippen molar-refractivity contribution in [2.24, 2.45) is 5.73 Å². The standard InChI is InChI=1S/C14H23N5O/c1-11(15)12-6-3-5-9-19(12)10-14(20)18-17-13-7-2-4-8-16-13/h2,4,7-8,11-12H,3,5-6,9-10,15H2,1H3,(H,16,17)(H,18,20). The van der Waals surface area contributed by atoms with E-state index < -0.39 is 0 Å². The van der Waals surface area contributed by atoms with Gasteiger partial charge >= 0.3 is 0 Å². The summed E-state index contributed by atoms with van der Waals surface area (Å²) in [5.41, 5.74) is 11.5. The molecule has 2 atom stereocenters. The minimum Gasteiger partial charge on any atom is -0.327 e. The first kappa shape index (κ1) is 14.7. The second kappa shape index (κ2) is 7.21. The first-order valence-electron chi connectivity index (χ1n) is 7.12. The van der Waals surface area contributed by atoms with E-state index in [4.69, 9.17) is 5.73 Å². The normalized spacial score (nSPS) is 21.2. The number of amides is 1. The molecule has 110 valence electrons. The number of anilines is 1. The molecule has 0 spiro atoms. The molecule has 2 rings (SSSR count). The molecule has 1 aliphatic rings. The maximum atomic E-state index is 12.0. The lowest BCUT2D eigenvalue weighted by Gasteiger charge is -2.37. The van der Waals surface area contributed by atoms with Crippen LogP contribution in [0.15, 0.2) is 24.4 Å². The SMILES string of the molecule is CC(N)C1CCCCN1CC(=O)NNc1ccccn1. The van der Waals surface area contributed by atoms with Gasteiger partial charge in [-0.05, 0) is 38.4 Å². The van der Waals surface area contributed by atoms with Crippen LogP contribution >= 0.6 is 0 Å². The number of aromatic nitrogens is 1. The number of nitrogens with two attached hydrogens (primary N) is 1. The number of likely N-dealkylation sites (tertiary alicyclic amines) is 1. The molecule has 6 nitrogen and oxygen atoms in total. The molecule has 4 N–H and O–H groups in total. The highest BCUT2D eigenvalue weighted by Gasteiger charge is 2.26. The molecule has 1 fully saturated rings. The molecule has 0 radical (unpaired) electrons. The maximum Gasteiger partial charge on any atom is 0.252 e. The molecule has 1 amide bonds. The second-order valence-corrected chi connectivity index (χ2v) is 5.28. The Hall–Kier alpha value is -1.66. The summed E-state index contributed by atoms with van der Waals surface area (Å²) < 4.78 is 0. The number of hydrogen-bond donors (Lipinski definition) is 3. The van der Waals surface area contributed by atoms with Crippen LogP contribution in [0, 0.1) is 0 Å². The van der Waals surface area contributed by atoms with Gasteiger partial charge in [0.25, 0.3) is 5.91 Å². The van der Waals surface area contributed by atoms with E-state index in [0.29, 0.717) is 18.4 Å². The molecule has 1 saturated heterocycles. The van der Waals surface area contributed by atoms with Crippen LogP contribution in [0.1, 0.15) is 26.2 Å². The van der Waals surface area contributed by atoms with Gasteiger partial charge in [-0.25, -0.2) is 4.98 Å². The number of rotatable bonds is 5. The molecule has 0 aromatic carbocycles. The Morgan fingerprint density at radius 1 is 1.55 bits per heavy atom. The molecule has 1 aliphatic heterocycles. The minimum atomic E-state index is -0.0665. The van der Waals surface area contributed by atoms with Crippen molar-refractivity contribution in [1.29, 1.82) is 0 Å². The smallest absolute Gasteiger partial charge is 0.252 e.